The van der Waals surface area contributed by atoms with E-state index in [0.29, 0.717) is 10.9 Å². The van der Waals surface area contributed by atoms with Gasteiger partial charge in [0.05, 0.1) is 10.9 Å². The molecule has 0 spiro atoms. The van der Waals surface area contributed by atoms with Gasteiger partial charge in [-0.1, -0.05) is 32.4 Å². The normalized spacial score (nSPS) is 34.3. The molecule has 2 saturated carbocycles. The number of carbonyl (C=O) groups is 2. The highest BCUT2D eigenvalue weighted by atomic mass is 35.5. The first-order chi connectivity index (χ1) is 12.2. The molecule has 140 valence electrons. The Hall–Kier alpha value is -1.20. The summed E-state index contributed by atoms with van der Waals surface area (Å²) in [6.45, 7) is 6.99. The van der Waals surface area contributed by atoms with Crippen LogP contribution >= 0.6 is 23.4 Å². The molecule has 6 heteroatoms. The fourth-order valence-corrected chi connectivity index (χ4v) is 6.36. The summed E-state index contributed by atoms with van der Waals surface area (Å²) in [6.07, 6.45) is 3.69. The molecule has 4 nitrogen and oxygen atoms in total. The second kappa shape index (κ2) is 6.16. The average molecular weight is 393 g/mol. The lowest BCUT2D eigenvalue weighted by atomic mass is 9.69. The minimum Gasteiger partial charge on any atom is -0.353 e. The molecule has 1 aromatic rings. The van der Waals surface area contributed by atoms with E-state index in [2.05, 4.69) is 31.4 Å². The van der Waals surface area contributed by atoms with Gasteiger partial charge in [-0.15, -0.1) is 11.8 Å². The molecule has 4 unspecified atom stereocenters. The van der Waals surface area contributed by atoms with Gasteiger partial charge >= 0.3 is 0 Å². The van der Waals surface area contributed by atoms with Gasteiger partial charge in [0.25, 0.3) is 0 Å². The van der Waals surface area contributed by atoms with E-state index in [0.717, 1.165) is 17.0 Å². The van der Waals surface area contributed by atoms with E-state index in [-0.39, 0.29) is 35.1 Å². The first-order valence-electron chi connectivity index (χ1n) is 9.27. The molecule has 1 heterocycles. The molecule has 2 bridgehead atoms. The van der Waals surface area contributed by atoms with Gasteiger partial charge < -0.3 is 10.6 Å². The fourth-order valence-electron chi connectivity index (χ4n) is 5.10. The summed E-state index contributed by atoms with van der Waals surface area (Å²) in [5.74, 6) is 0.533. The maximum Gasteiger partial charge on any atom is 0.238 e. The van der Waals surface area contributed by atoms with Gasteiger partial charge in [0.1, 0.15) is 0 Å². The highest BCUT2D eigenvalue weighted by molar-refractivity contribution is 8.01. The Kier molecular flexibility index (Phi) is 4.31. The second-order valence-electron chi connectivity index (χ2n) is 8.67. The number of rotatable bonds is 3. The molecule has 2 fully saturated rings. The van der Waals surface area contributed by atoms with Crippen molar-refractivity contribution < 1.29 is 9.59 Å². The van der Waals surface area contributed by atoms with E-state index >= 15 is 0 Å². The number of hydrogen-bond donors (Lipinski definition) is 2. The van der Waals surface area contributed by atoms with Crippen LogP contribution in [0.5, 0.6) is 0 Å². The number of amides is 2. The van der Waals surface area contributed by atoms with Crippen LogP contribution in [-0.2, 0) is 9.59 Å². The molecule has 26 heavy (non-hydrogen) atoms. The van der Waals surface area contributed by atoms with Gasteiger partial charge in [-0.25, -0.2) is 0 Å². The summed E-state index contributed by atoms with van der Waals surface area (Å²) in [5.41, 5.74) is 1.14. The van der Waals surface area contributed by atoms with Crippen LogP contribution < -0.4 is 10.6 Å². The molecule has 4 rings (SSSR count). The molecule has 2 aliphatic carbocycles. The van der Waals surface area contributed by atoms with Crippen LogP contribution in [0.25, 0.3) is 0 Å². The van der Waals surface area contributed by atoms with E-state index < -0.39 is 5.25 Å². The Labute approximate surface area is 163 Å². The van der Waals surface area contributed by atoms with Gasteiger partial charge in [0.2, 0.25) is 11.8 Å². The maximum absolute atomic E-state index is 12.7. The van der Waals surface area contributed by atoms with Gasteiger partial charge in [-0.2, -0.15) is 0 Å². The van der Waals surface area contributed by atoms with E-state index in [1.54, 1.807) is 12.1 Å². The van der Waals surface area contributed by atoms with Crippen molar-refractivity contribution in [1.29, 1.82) is 0 Å². The standard InChI is InChI=1S/C20H25ClN2O2S/c1-19(2)11-6-7-20(19,3)16(8-11)23-17(24)10-15-18(25)22-13-9-12(21)4-5-14(13)26-15/h4-5,9,11,15-16H,6-8,10H2,1-3H3,(H,22,25)(H,23,24). The van der Waals surface area contributed by atoms with Crippen LogP contribution in [0.4, 0.5) is 5.69 Å². The van der Waals surface area contributed by atoms with Gasteiger partial charge in [0.15, 0.2) is 0 Å². The minimum atomic E-state index is -0.400. The number of carbonyl (C=O) groups excluding carboxylic acids is 2. The number of halogens is 1. The van der Waals surface area contributed by atoms with Crippen molar-refractivity contribution in [3.05, 3.63) is 23.2 Å². The van der Waals surface area contributed by atoms with Gasteiger partial charge in [0, 0.05) is 22.4 Å². The smallest absolute Gasteiger partial charge is 0.238 e. The molecule has 0 aromatic heterocycles. The Morgan fingerprint density at radius 1 is 1.38 bits per heavy atom. The number of fused-ring (bicyclic) bond motifs is 3. The number of benzene rings is 1. The predicted octanol–water partition coefficient (Wildman–Crippen LogP) is 4.47. The van der Waals surface area contributed by atoms with Crippen LogP contribution in [0.15, 0.2) is 23.1 Å². The largest absolute Gasteiger partial charge is 0.353 e. The monoisotopic (exact) mass is 392 g/mol. The highest BCUT2D eigenvalue weighted by Gasteiger charge is 2.61. The van der Waals surface area contributed by atoms with E-state index in [1.165, 1.54) is 24.6 Å². The number of anilines is 1. The van der Waals surface area contributed by atoms with Crippen molar-refractivity contribution in [2.45, 2.75) is 62.6 Å². The highest BCUT2D eigenvalue weighted by Crippen LogP contribution is 2.65. The summed E-state index contributed by atoms with van der Waals surface area (Å²) in [4.78, 5) is 26.0. The summed E-state index contributed by atoms with van der Waals surface area (Å²) in [5, 5.41) is 6.32. The molecule has 1 aliphatic heterocycles. The maximum atomic E-state index is 12.7. The van der Waals surface area contributed by atoms with Gasteiger partial charge in [-0.3, -0.25) is 9.59 Å². The first-order valence-corrected chi connectivity index (χ1v) is 10.5. The van der Waals surface area contributed by atoms with Crippen LogP contribution in [-0.4, -0.2) is 23.1 Å². The molecule has 0 saturated heterocycles. The average Bonchev–Trinajstić information content (AvgIpc) is 2.89. The molecule has 3 aliphatic rings. The van der Waals surface area contributed by atoms with Crippen molar-refractivity contribution >= 4 is 40.9 Å². The first kappa shape index (κ1) is 18.2. The quantitative estimate of drug-likeness (QED) is 0.797. The number of nitrogens with one attached hydrogen (secondary N) is 2. The van der Waals surface area contributed by atoms with Crippen molar-refractivity contribution in [1.82, 2.24) is 5.32 Å². The third-order valence-corrected chi connectivity index (χ3v) is 8.77. The summed E-state index contributed by atoms with van der Waals surface area (Å²) in [7, 11) is 0. The van der Waals surface area contributed by atoms with Crippen LogP contribution in [0.1, 0.15) is 46.5 Å². The van der Waals surface area contributed by atoms with E-state index in [1.807, 2.05) is 6.07 Å². The molecule has 2 amide bonds. The fraction of sp³-hybridized carbons (Fsp3) is 0.600. The van der Waals surface area contributed by atoms with Crippen molar-refractivity contribution in [3.8, 4) is 0 Å². The van der Waals surface area contributed by atoms with E-state index in [9.17, 15) is 9.59 Å². The Morgan fingerprint density at radius 2 is 2.15 bits per heavy atom. The predicted molar refractivity (Wildman–Crippen MR) is 106 cm³/mol. The van der Waals surface area contributed by atoms with Crippen LogP contribution in [0.2, 0.25) is 5.02 Å². The van der Waals surface area contributed by atoms with Crippen molar-refractivity contribution in [2.75, 3.05) is 5.32 Å². The molecule has 0 radical (unpaired) electrons. The van der Waals surface area contributed by atoms with Crippen LogP contribution in [0, 0.1) is 16.7 Å². The lowest BCUT2D eigenvalue weighted by Crippen LogP contribution is -2.48. The van der Waals surface area contributed by atoms with Crippen LogP contribution in [0.3, 0.4) is 0 Å². The number of thioether (sulfide) groups is 1. The zero-order valence-electron chi connectivity index (χ0n) is 15.4. The zero-order chi connectivity index (χ0) is 18.7. The second-order valence-corrected chi connectivity index (χ2v) is 10.4. The molecular weight excluding hydrogens is 368 g/mol. The number of hydrogen-bond acceptors (Lipinski definition) is 3. The third-order valence-electron chi connectivity index (χ3n) is 7.26. The summed E-state index contributed by atoms with van der Waals surface area (Å²) < 4.78 is 0. The molecule has 2 N–H and O–H groups in total. The van der Waals surface area contributed by atoms with Gasteiger partial charge in [-0.05, 0) is 54.2 Å². The summed E-state index contributed by atoms with van der Waals surface area (Å²) in [6, 6.07) is 5.66. The molecule has 4 atom stereocenters. The topological polar surface area (TPSA) is 58.2 Å². The lowest BCUT2D eigenvalue weighted by Gasteiger charge is -2.39. The lowest BCUT2D eigenvalue weighted by molar-refractivity contribution is -0.125. The Bertz CT molecular complexity index is 781. The third kappa shape index (κ3) is 2.75. The summed E-state index contributed by atoms with van der Waals surface area (Å²) >= 11 is 7.43. The molecular formula is C20H25ClN2O2S. The Balaban J connectivity index is 1.42. The minimum absolute atomic E-state index is 0.0235. The Morgan fingerprint density at radius 3 is 2.81 bits per heavy atom. The van der Waals surface area contributed by atoms with Crippen molar-refractivity contribution in [2.24, 2.45) is 16.7 Å². The van der Waals surface area contributed by atoms with Crippen molar-refractivity contribution in [3.63, 3.8) is 0 Å². The zero-order valence-corrected chi connectivity index (χ0v) is 17.0. The molecule has 1 aromatic carbocycles. The van der Waals surface area contributed by atoms with E-state index in [4.69, 9.17) is 11.6 Å². The SMILES string of the molecule is CC1(C)C2CCC1(C)C(NC(=O)CC1Sc3ccc(Cl)cc3NC1=O)C2.